The summed E-state index contributed by atoms with van der Waals surface area (Å²) in [6, 6.07) is 20.7. The number of thiophene rings is 1. The van der Waals surface area contributed by atoms with Crippen molar-refractivity contribution in [1.29, 1.82) is 0 Å². The van der Waals surface area contributed by atoms with Gasteiger partial charge in [-0.1, -0.05) is 79.4 Å². The number of hydrogen-bond donors (Lipinski definition) is 3. The Balaban J connectivity index is 1.34. The third-order valence-corrected chi connectivity index (χ3v) is 11.6. The van der Waals surface area contributed by atoms with Crippen molar-refractivity contribution in [3.63, 3.8) is 0 Å². The Labute approximate surface area is 316 Å². The Morgan fingerprint density at radius 3 is 2.39 bits per heavy atom. The molecule has 0 saturated heterocycles. The number of carbonyl (C=O) groups excluding carboxylic acids is 4. The molecule has 1 aliphatic carbocycles. The van der Waals surface area contributed by atoms with Gasteiger partial charge in [-0.05, 0) is 92.6 Å². The van der Waals surface area contributed by atoms with Gasteiger partial charge in [0.25, 0.3) is 11.8 Å². The Kier molecular flexibility index (Phi) is 13.8. The molecule has 4 aromatic rings. The minimum absolute atomic E-state index is 0.0423. The van der Waals surface area contributed by atoms with Crippen LogP contribution < -0.4 is 16.0 Å². The summed E-state index contributed by atoms with van der Waals surface area (Å²) in [5.41, 5.74) is 2.73. The molecule has 3 N–H and O–H groups in total. The largest absolute Gasteiger partial charge is 0.462 e. The molecule has 0 bridgehead atoms. The molecule has 12 heteroatoms. The summed E-state index contributed by atoms with van der Waals surface area (Å²) in [4.78, 5) is 55.4. The van der Waals surface area contributed by atoms with E-state index < -0.39 is 23.0 Å². The lowest BCUT2D eigenvalue weighted by atomic mass is 9.96. The molecule has 0 fully saturated rings. The molecule has 8 nitrogen and oxygen atoms in total. The number of nitrogens with one attached hydrogen (secondary N) is 3. The number of carbonyl (C=O) groups is 4. The van der Waals surface area contributed by atoms with Crippen LogP contribution in [0.15, 0.2) is 83.4 Å². The number of benzene rings is 3. The van der Waals surface area contributed by atoms with Gasteiger partial charge in [-0.2, -0.15) is 0 Å². The van der Waals surface area contributed by atoms with Crippen LogP contribution in [0.25, 0.3) is 6.08 Å². The normalized spacial score (nSPS) is 13.6. The van der Waals surface area contributed by atoms with Crippen molar-refractivity contribution >= 4 is 86.8 Å². The number of ether oxygens (including phenoxy) is 1. The molecule has 3 aromatic carbocycles. The zero-order valence-corrected chi connectivity index (χ0v) is 31.5. The molecule has 0 aliphatic heterocycles. The summed E-state index contributed by atoms with van der Waals surface area (Å²) in [6.07, 6.45) is 7.97. The van der Waals surface area contributed by atoms with Crippen molar-refractivity contribution in [3.8, 4) is 0 Å². The van der Waals surface area contributed by atoms with E-state index in [4.69, 9.17) is 27.9 Å². The maximum Gasteiger partial charge on any atom is 0.341 e. The van der Waals surface area contributed by atoms with Crippen molar-refractivity contribution in [3.05, 3.63) is 116 Å². The van der Waals surface area contributed by atoms with Crippen LogP contribution in [0.1, 0.15) is 82.7 Å². The fourth-order valence-electron chi connectivity index (χ4n) is 5.68. The first-order valence-electron chi connectivity index (χ1n) is 16.9. The van der Waals surface area contributed by atoms with Crippen LogP contribution >= 0.6 is 46.3 Å². The topological polar surface area (TPSA) is 114 Å². The highest BCUT2D eigenvalue weighted by Crippen LogP contribution is 2.39. The van der Waals surface area contributed by atoms with Gasteiger partial charge in [0.05, 0.1) is 27.5 Å². The SMILES string of the molecule is CCOC(=O)c1c(NC(=O)C(CC)Sc2cccc(NC(=O)/C(=C\c3cccc(Cl)c3Cl)NC(=O)c3ccccc3)c2)sc2c1CCCCCC2. The number of thioether (sulfide) groups is 1. The summed E-state index contributed by atoms with van der Waals surface area (Å²) in [7, 11) is 0. The fraction of sp³-hybridized carbons (Fsp3) is 0.282. The second kappa shape index (κ2) is 18.4. The van der Waals surface area contributed by atoms with E-state index in [2.05, 4.69) is 16.0 Å². The van der Waals surface area contributed by atoms with Crippen LogP contribution in [-0.4, -0.2) is 35.5 Å². The number of amides is 3. The van der Waals surface area contributed by atoms with Crippen LogP contribution in [-0.2, 0) is 27.2 Å². The van der Waals surface area contributed by atoms with Crippen LogP contribution in [0, 0.1) is 0 Å². The maximum atomic E-state index is 13.7. The van der Waals surface area contributed by atoms with Gasteiger partial charge in [-0.15, -0.1) is 23.1 Å². The highest BCUT2D eigenvalue weighted by molar-refractivity contribution is 8.00. The van der Waals surface area contributed by atoms with Crippen LogP contribution in [0.2, 0.25) is 10.0 Å². The van der Waals surface area contributed by atoms with Crippen molar-refractivity contribution in [2.45, 2.75) is 68.9 Å². The second-order valence-corrected chi connectivity index (χ2v) is 15.0. The minimum atomic E-state index is -0.581. The summed E-state index contributed by atoms with van der Waals surface area (Å²) in [6.45, 7) is 3.96. The summed E-state index contributed by atoms with van der Waals surface area (Å²) in [5, 5.41) is 9.24. The maximum absolute atomic E-state index is 13.7. The summed E-state index contributed by atoms with van der Waals surface area (Å²) >= 11 is 15.5. The molecule has 1 aromatic heterocycles. The average molecular weight is 765 g/mol. The number of fused-ring (bicyclic) bond motifs is 1. The fourth-order valence-corrected chi connectivity index (χ4v) is 8.34. The van der Waals surface area contributed by atoms with E-state index in [1.54, 1.807) is 73.7 Å². The van der Waals surface area contributed by atoms with E-state index in [0.717, 1.165) is 53.9 Å². The lowest BCUT2D eigenvalue weighted by molar-refractivity contribution is -0.116. The second-order valence-electron chi connectivity index (χ2n) is 11.8. The standard InChI is InChI=1S/C39H39Cl2N3O5S2/c1-3-31(37(47)44-38-33(39(48)49-4-2)28-19-10-5-6-11-21-32(28)51-38)50-27-18-13-17-26(23-27)42-36(46)30(22-25-16-12-20-29(40)34(25)41)43-35(45)24-14-8-7-9-15-24/h7-9,12-18,20,22-23,31H,3-6,10-11,19,21H2,1-2H3,(H,42,46)(H,43,45)(H,44,47)/b30-22+. The van der Waals surface area contributed by atoms with E-state index in [0.29, 0.717) is 38.8 Å². The number of anilines is 2. The zero-order chi connectivity index (χ0) is 36.3. The molecule has 0 spiro atoms. The van der Waals surface area contributed by atoms with Crippen molar-refractivity contribution in [2.75, 3.05) is 17.2 Å². The number of halogens is 2. The Morgan fingerprint density at radius 1 is 0.902 bits per heavy atom. The lowest BCUT2D eigenvalue weighted by Crippen LogP contribution is -2.30. The first-order chi connectivity index (χ1) is 24.7. The van der Waals surface area contributed by atoms with Gasteiger partial charge in [0.2, 0.25) is 5.91 Å². The Hall–Kier alpha value is -4.09. The minimum Gasteiger partial charge on any atom is -0.462 e. The van der Waals surface area contributed by atoms with Crippen LogP contribution in [0.4, 0.5) is 10.7 Å². The predicted octanol–water partition coefficient (Wildman–Crippen LogP) is 9.81. The molecule has 1 atom stereocenters. The number of esters is 1. The Bertz CT molecular complexity index is 1930. The molecule has 5 rings (SSSR count). The molecule has 51 heavy (non-hydrogen) atoms. The Morgan fingerprint density at radius 2 is 1.65 bits per heavy atom. The number of hydrogen-bond acceptors (Lipinski definition) is 7. The van der Waals surface area contributed by atoms with Crippen LogP contribution in [0.5, 0.6) is 0 Å². The van der Waals surface area contributed by atoms with E-state index in [-0.39, 0.29) is 23.2 Å². The number of aryl methyl sites for hydroxylation is 1. The number of rotatable bonds is 12. The first kappa shape index (κ1) is 38.1. The molecular weight excluding hydrogens is 725 g/mol. The van der Waals surface area contributed by atoms with Crippen molar-refractivity contribution < 1.29 is 23.9 Å². The van der Waals surface area contributed by atoms with Gasteiger partial charge < -0.3 is 20.7 Å². The van der Waals surface area contributed by atoms with Gasteiger partial charge in [0, 0.05) is 21.0 Å². The third kappa shape index (κ3) is 10.0. The molecular formula is C39H39Cl2N3O5S2. The molecule has 0 saturated carbocycles. The van der Waals surface area contributed by atoms with Gasteiger partial charge >= 0.3 is 5.97 Å². The molecule has 1 unspecified atom stereocenters. The van der Waals surface area contributed by atoms with Crippen molar-refractivity contribution in [2.24, 2.45) is 0 Å². The van der Waals surface area contributed by atoms with Crippen molar-refractivity contribution in [1.82, 2.24) is 5.32 Å². The average Bonchev–Trinajstić information content (AvgIpc) is 3.44. The predicted molar refractivity (Wildman–Crippen MR) is 208 cm³/mol. The van der Waals surface area contributed by atoms with Crippen LogP contribution in [0.3, 0.4) is 0 Å². The van der Waals surface area contributed by atoms with E-state index in [1.807, 2.05) is 13.0 Å². The van der Waals surface area contributed by atoms with Gasteiger partial charge in [-0.25, -0.2) is 4.79 Å². The molecule has 1 aliphatic rings. The monoisotopic (exact) mass is 763 g/mol. The third-order valence-electron chi connectivity index (χ3n) is 8.23. The highest BCUT2D eigenvalue weighted by atomic mass is 35.5. The van der Waals surface area contributed by atoms with Gasteiger partial charge in [-0.3, -0.25) is 14.4 Å². The highest BCUT2D eigenvalue weighted by Gasteiger charge is 2.28. The van der Waals surface area contributed by atoms with E-state index >= 15 is 0 Å². The molecule has 0 radical (unpaired) electrons. The summed E-state index contributed by atoms with van der Waals surface area (Å²) in [5.74, 6) is -1.67. The smallest absolute Gasteiger partial charge is 0.341 e. The van der Waals surface area contributed by atoms with Gasteiger partial charge in [0.15, 0.2) is 0 Å². The quantitative estimate of drug-likeness (QED) is 0.0752. The zero-order valence-electron chi connectivity index (χ0n) is 28.4. The summed E-state index contributed by atoms with van der Waals surface area (Å²) < 4.78 is 5.42. The lowest BCUT2D eigenvalue weighted by Gasteiger charge is -2.16. The van der Waals surface area contributed by atoms with E-state index in [9.17, 15) is 19.2 Å². The van der Waals surface area contributed by atoms with Gasteiger partial charge in [0.1, 0.15) is 10.7 Å². The first-order valence-corrected chi connectivity index (χ1v) is 19.4. The molecule has 266 valence electrons. The molecule has 3 amide bonds. The molecule has 1 heterocycles. The van der Waals surface area contributed by atoms with E-state index in [1.165, 1.54) is 29.2 Å².